The molecule has 0 aromatic heterocycles. The SMILES string of the molecule is Cc1cccc(N2CCN(C(=O)c3ccc4c(c3)N(Cc3cccc(Cl)c3)C(=O)c3ccccc3S4=O)CC2)c1C. The molecule has 0 radical (unpaired) electrons. The minimum Gasteiger partial charge on any atom is -0.368 e. The van der Waals surface area contributed by atoms with E-state index in [2.05, 4.69) is 36.9 Å². The van der Waals surface area contributed by atoms with E-state index in [1.54, 1.807) is 53.4 Å². The smallest absolute Gasteiger partial charge is 0.259 e. The molecule has 41 heavy (non-hydrogen) atoms. The van der Waals surface area contributed by atoms with E-state index in [4.69, 9.17) is 11.6 Å². The monoisotopic (exact) mass is 583 g/mol. The van der Waals surface area contributed by atoms with Gasteiger partial charge in [0.1, 0.15) is 0 Å². The molecule has 4 aromatic rings. The van der Waals surface area contributed by atoms with Crippen LogP contribution >= 0.6 is 11.6 Å². The van der Waals surface area contributed by atoms with Gasteiger partial charge in [-0.15, -0.1) is 0 Å². The second-order valence-electron chi connectivity index (χ2n) is 10.5. The Morgan fingerprint density at radius 1 is 0.829 bits per heavy atom. The lowest BCUT2D eigenvalue weighted by Crippen LogP contribution is -2.49. The van der Waals surface area contributed by atoms with Crippen molar-refractivity contribution in [2.45, 2.75) is 30.2 Å². The lowest BCUT2D eigenvalue weighted by atomic mass is 10.1. The van der Waals surface area contributed by atoms with Gasteiger partial charge in [-0.3, -0.25) is 9.59 Å². The summed E-state index contributed by atoms with van der Waals surface area (Å²) >= 11 is 6.25. The highest BCUT2D eigenvalue weighted by molar-refractivity contribution is 7.85. The summed E-state index contributed by atoms with van der Waals surface area (Å²) in [7, 11) is -1.59. The average Bonchev–Trinajstić information content (AvgIpc) is 3.07. The van der Waals surface area contributed by atoms with Crippen LogP contribution in [0, 0.1) is 13.8 Å². The summed E-state index contributed by atoms with van der Waals surface area (Å²) in [6.45, 7) is 7.13. The molecule has 2 aliphatic rings. The van der Waals surface area contributed by atoms with Gasteiger partial charge in [0, 0.05) is 42.5 Å². The topological polar surface area (TPSA) is 60.9 Å². The molecule has 0 bridgehead atoms. The normalized spacial score (nSPS) is 16.7. The number of carbonyl (C=O) groups is 2. The van der Waals surface area contributed by atoms with Gasteiger partial charge in [0.2, 0.25) is 0 Å². The third kappa shape index (κ3) is 5.16. The molecule has 4 aromatic carbocycles. The number of hydrogen-bond acceptors (Lipinski definition) is 4. The molecule has 6 rings (SSSR count). The first-order valence-corrected chi connectivity index (χ1v) is 15.2. The van der Waals surface area contributed by atoms with Gasteiger partial charge in [0.15, 0.2) is 0 Å². The van der Waals surface area contributed by atoms with E-state index in [0.29, 0.717) is 44.7 Å². The Balaban J connectivity index is 1.32. The Labute approximate surface area is 247 Å². The zero-order valence-electron chi connectivity index (χ0n) is 23.0. The van der Waals surface area contributed by atoms with Crippen LogP contribution in [0.2, 0.25) is 5.02 Å². The number of benzene rings is 4. The van der Waals surface area contributed by atoms with Gasteiger partial charge in [-0.25, -0.2) is 4.21 Å². The summed E-state index contributed by atoms with van der Waals surface area (Å²) in [6, 6.07) is 25.8. The summed E-state index contributed by atoms with van der Waals surface area (Å²) in [5.74, 6) is -0.365. The first kappa shape index (κ1) is 27.2. The van der Waals surface area contributed by atoms with Gasteiger partial charge in [-0.1, -0.05) is 48.0 Å². The summed E-state index contributed by atoms with van der Waals surface area (Å²) < 4.78 is 13.7. The van der Waals surface area contributed by atoms with Crippen molar-refractivity contribution in [3.63, 3.8) is 0 Å². The highest BCUT2D eigenvalue weighted by Crippen LogP contribution is 2.36. The van der Waals surface area contributed by atoms with Crippen LogP contribution in [-0.2, 0) is 17.3 Å². The largest absolute Gasteiger partial charge is 0.368 e. The summed E-state index contributed by atoms with van der Waals surface area (Å²) in [5, 5.41) is 0.567. The van der Waals surface area contributed by atoms with Crippen LogP contribution in [0.3, 0.4) is 0 Å². The number of anilines is 2. The lowest BCUT2D eigenvalue weighted by Gasteiger charge is -2.37. The number of rotatable bonds is 4. The van der Waals surface area contributed by atoms with E-state index < -0.39 is 10.8 Å². The van der Waals surface area contributed by atoms with Gasteiger partial charge >= 0.3 is 0 Å². The maximum Gasteiger partial charge on any atom is 0.259 e. The highest BCUT2D eigenvalue weighted by Gasteiger charge is 2.32. The molecule has 6 nitrogen and oxygen atoms in total. The van der Waals surface area contributed by atoms with Crippen molar-refractivity contribution in [1.82, 2.24) is 4.90 Å². The minimum absolute atomic E-state index is 0.101. The van der Waals surface area contributed by atoms with Crippen LogP contribution in [0.25, 0.3) is 0 Å². The van der Waals surface area contributed by atoms with Crippen molar-refractivity contribution in [2.24, 2.45) is 0 Å². The highest BCUT2D eigenvalue weighted by atomic mass is 35.5. The summed E-state index contributed by atoms with van der Waals surface area (Å²) in [4.78, 5) is 34.4. The number of aryl methyl sites for hydroxylation is 1. The van der Waals surface area contributed by atoms with E-state index >= 15 is 0 Å². The third-order valence-corrected chi connectivity index (χ3v) is 9.71. The molecule has 1 atom stereocenters. The number of fused-ring (bicyclic) bond motifs is 2. The van der Waals surface area contributed by atoms with Crippen molar-refractivity contribution in [3.8, 4) is 0 Å². The van der Waals surface area contributed by atoms with E-state index in [0.717, 1.165) is 18.7 Å². The van der Waals surface area contributed by atoms with Crippen LogP contribution in [0.1, 0.15) is 37.4 Å². The van der Waals surface area contributed by atoms with Crippen molar-refractivity contribution in [2.75, 3.05) is 36.0 Å². The van der Waals surface area contributed by atoms with Crippen molar-refractivity contribution >= 4 is 45.6 Å². The fourth-order valence-electron chi connectivity index (χ4n) is 5.58. The zero-order valence-corrected chi connectivity index (χ0v) is 24.5. The minimum atomic E-state index is -1.59. The van der Waals surface area contributed by atoms with Gasteiger partial charge in [0.05, 0.1) is 38.4 Å². The second-order valence-corrected chi connectivity index (χ2v) is 12.3. The van der Waals surface area contributed by atoms with Crippen molar-refractivity contribution < 1.29 is 13.8 Å². The standard InChI is InChI=1S/C33H30ClN3O3S/c1-22-7-5-11-28(23(22)2)35-15-17-36(18-16-35)32(38)25-13-14-31-29(20-25)37(21-24-8-6-9-26(34)19-24)33(39)27-10-3-4-12-30(27)41(31)40/h3-14,19-20H,15-18,21H2,1-2H3. The molecule has 0 aliphatic carbocycles. The number of nitrogens with zero attached hydrogens (tertiary/aromatic N) is 3. The van der Waals surface area contributed by atoms with E-state index in [9.17, 15) is 13.8 Å². The maximum absolute atomic E-state index is 13.9. The molecule has 1 fully saturated rings. The molecule has 0 saturated carbocycles. The molecule has 2 aliphatic heterocycles. The van der Waals surface area contributed by atoms with Gasteiger partial charge < -0.3 is 14.7 Å². The fourth-order valence-corrected chi connectivity index (χ4v) is 7.14. The Morgan fingerprint density at radius 3 is 2.37 bits per heavy atom. The first-order chi connectivity index (χ1) is 19.8. The number of amides is 2. The van der Waals surface area contributed by atoms with Crippen LogP contribution in [0.5, 0.6) is 0 Å². The molecule has 2 heterocycles. The second kappa shape index (κ2) is 11.1. The Hall–Kier alpha value is -3.94. The third-order valence-electron chi connectivity index (χ3n) is 7.97. The van der Waals surface area contributed by atoms with Gasteiger partial charge in [0.25, 0.3) is 11.8 Å². The van der Waals surface area contributed by atoms with Crippen molar-refractivity contribution in [3.05, 3.63) is 118 Å². The zero-order chi connectivity index (χ0) is 28.7. The molecule has 1 unspecified atom stereocenters. The number of halogens is 1. The Morgan fingerprint density at radius 2 is 1.59 bits per heavy atom. The molecule has 0 spiro atoms. The average molecular weight is 584 g/mol. The Kier molecular flexibility index (Phi) is 7.41. The Bertz CT molecular complexity index is 1700. The molecular weight excluding hydrogens is 554 g/mol. The van der Waals surface area contributed by atoms with Crippen molar-refractivity contribution in [1.29, 1.82) is 0 Å². The van der Waals surface area contributed by atoms with Gasteiger partial charge in [-0.2, -0.15) is 0 Å². The molecule has 2 amide bonds. The molecular formula is C33H30ClN3O3S. The molecule has 8 heteroatoms. The molecule has 0 N–H and O–H groups in total. The van der Waals surface area contributed by atoms with E-state index in [1.807, 2.05) is 23.1 Å². The predicted molar refractivity (Wildman–Crippen MR) is 164 cm³/mol. The van der Waals surface area contributed by atoms with Crippen LogP contribution in [0.4, 0.5) is 11.4 Å². The predicted octanol–water partition coefficient (Wildman–Crippen LogP) is 6.25. The first-order valence-electron chi connectivity index (χ1n) is 13.6. The quantitative estimate of drug-likeness (QED) is 0.285. The van der Waals surface area contributed by atoms with Crippen LogP contribution in [-0.4, -0.2) is 47.1 Å². The maximum atomic E-state index is 13.9. The summed E-state index contributed by atoms with van der Waals surface area (Å²) in [5.41, 5.74) is 5.89. The number of carbonyl (C=O) groups excluding carboxylic acids is 2. The molecule has 1 saturated heterocycles. The van der Waals surface area contributed by atoms with Gasteiger partial charge in [-0.05, 0) is 79.1 Å². The van der Waals surface area contributed by atoms with Crippen LogP contribution in [0.15, 0.2) is 94.7 Å². The lowest BCUT2D eigenvalue weighted by molar-refractivity contribution is 0.0746. The summed E-state index contributed by atoms with van der Waals surface area (Å²) in [6.07, 6.45) is 0. The van der Waals surface area contributed by atoms with E-state index in [-0.39, 0.29) is 18.4 Å². The fraction of sp³-hybridized carbons (Fsp3) is 0.212. The van der Waals surface area contributed by atoms with Crippen LogP contribution < -0.4 is 9.80 Å². The van der Waals surface area contributed by atoms with E-state index in [1.165, 1.54) is 16.8 Å². The number of hydrogen-bond donors (Lipinski definition) is 0. The molecule has 208 valence electrons. The number of piperazine rings is 1.